The van der Waals surface area contributed by atoms with E-state index in [4.69, 9.17) is 0 Å². The molecule has 0 atom stereocenters. The Balaban J connectivity index is 1.97. The Morgan fingerprint density at radius 2 is 2.06 bits per heavy atom. The van der Waals surface area contributed by atoms with E-state index >= 15 is 0 Å². The minimum absolute atomic E-state index is 0.109. The average Bonchev–Trinajstić information content (AvgIpc) is 2.85. The van der Waals surface area contributed by atoms with Gasteiger partial charge >= 0.3 is 0 Å². The molecule has 2 rings (SSSR count). The Morgan fingerprint density at radius 1 is 1.28 bits per heavy atom. The van der Waals surface area contributed by atoms with Crippen LogP contribution in [0.5, 0.6) is 0 Å². The summed E-state index contributed by atoms with van der Waals surface area (Å²) in [6.45, 7) is 0.301. The van der Waals surface area contributed by atoms with E-state index in [2.05, 4.69) is 26.0 Å². The molecule has 1 aromatic carbocycles. The summed E-state index contributed by atoms with van der Waals surface area (Å²) in [4.78, 5) is 22.8. The minimum Gasteiger partial charge on any atom is -0.359 e. The second kappa shape index (κ2) is 5.26. The number of H-pyrrole nitrogens is 1. The molecule has 0 saturated heterocycles. The number of aromatic amines is 1. The monoisotopic (exact) mass is 247 g/mol. The summed E-state index contributed by atoms with van der Waals surface area (Å²) in [5.74, 6) is -0.342. The average molecular weight is 247 g/mol. The fourth-order valence-electron chi connectivity index (χ4n) is 1.50. The Kier molecular flexibility index (Phi) is 3.52. The molecule has 0 fully saturated rings. The second-order valence-electron chi connectivity index (χ2n) is 3.71. The topological polar surface area (TPSA) is 99.8 Å². The van der Waals surface area contributed by atoms with E-state index in [1.54, 1.807) is 25.2 Å². The van der Waals surface area contributed by atoms with E-state index in [1.165, 1.54) is 0 Å². The van der Waals surface area contributed by atoms with Crippen LogP contribution in [0.4, 0.5) is 0 Å². The zero-order valence-corrected chi connectivity index (χ0v) is 9.86. The van der Waals surface area contributed by atoms with Crippen molar-refractivity contribution in [3.63, 3.8) is 0 Å². The van der Waals surface area contributed by atoms with Crippen molar-refractivity contribution in [2.24, 2.45) is 0 Å². The lowest BCUT2D eigenvalue weighted by atomic mass is 10.2. The van der Waals surface area contributed by atoms with E-state index in [0.717, 1.165) is 0 Å². The summed E-state index contributed by atoms with van der Waals surface area (Å²) in [6.07, 6.45) is 0.258. The van der Waals surface area contributed by atoms with Crippen LogP contribution in [0.1, 0.15) is 16.8 Å². The first kappa shape index (κ1) is 12.0. The standard InChI is InChI=1S/C11H13N5O2/c1-12-10(17)4-5-13-11(18)7-2-3-8-9(6-7)15-16-14-8/h2-3,6H,4-5H2,1H3,(H,12,17)(H,13,18)(H,14,15,16). The van der Waals surface area contributed by atoms with Crippen LogP contribution in [0.25, 0.3) is 11.0 Å². The third kappa shape index (κ3) is 2.62. The fraction of sp³-hybridized carbons (Fsp3) is 0.273. The van der Waals surface area contributed by atoms with Crippen molar-refractivity contribution < 1.29 is 9.59 Å². The van der Waals surface area contributed by atoms with Gasteiger partial charge in [-0.15, -0.1) is 0 Å². The Bertz CT molecular complexity index is 578. The van der Waals surface area contributed by atoms with Gasteiger partial charge < -0.3 is 10.6 Å². The highest BCUT2D eigenvalue weighted by atomic mass is 16.2. The van der Waals surface area contributed by atoms with E-state index < -0.39 is 0 Å². The number of amides is 2. The molecular weight excluding hydrogens is 234 g/mol. The van der Waals surface area contributed by atoms with Crippen molar-refractivity contribution in [1.82, 2.24) is 26.0 Å². The molecule has 2 aromatic rings. The van der Waals surface area contributed by atoms with Crippen LogP contribution in [0.15, 0.2) is 18.2 Å². The molecule has 0 spiro atoms. The highest BCUT2D eigenvalue weighted by Crippen LogP contribution is 2.10. The third-order valence-electron chi connectivity index (χ3n) is 2.49. The quantitative estimate of drug-likeness (QED) is 0.698. The summed E-state index contributed by atoms with van der Waals surface area (Å²) >= 11 is 0. The minimum atomic E-state index is -0.233. The summed E-state index contributed by atoms with van der Waals surface area (Å²) in [5.41, 5.74) is 1.83. The van der Waals surface area contributed by atoms with Gasteiger partial charge in [0.05, 0.1) is 0 Å². The summed E-state index contributed by atoms with van der Waals surface area (Å²) < 4.78 is 0. The molecule has 0 aliphatic carbocycles. The number of hydrogen-bond donors (Lipinski definition) is 3. The van der Waals surface area contributed by atoms with Crippen LogP contribution in [0, 0.1) is 0 Å². The SMILES string of the molecule is CNC(=O)CCNC(=O)c1ccc2n[nH]nc2c1. The molecular formula is C11H13N5O2. The predicted octanol–water partition coefficient (Wildman–Crippen LogP) is -0.176. The van der Waals surface area contributed by atoms with Gasteiger partial charge in [-0.1, -0.05) is 0 Å². The Morgan fingerprint density at radius 3 is 2.83 bits per heavy atom. The van der Waals surface area contributed by atoms with Crippen molar-refractivity contribution in [2.45, 2.75) is 6.42 Å². The van der Waals surface area contributed by atoms with Crippen molar-refractivity contribution in [3.05, 3.63) is 23.8 Å². The van der Waals surface area contributed by atoms with Crippen LogP contribution < -0.4 is 10.6 Å². The van der Waals surface area contributed by atoms with Gasteiger partial charge in [-0.3, -0.25) is 9.59 Å². The predicted molar refractivity (Wildman–Crippen MR) is 64.9 cm³/mol. The molecule has 1 heterocycles. The van der Waals surface area contributed by atoms with Gasteiger partial charge in [0, 0.05) is 25.6 Å². The summed E-state index contributed by atoms with van der Waals surface area (Å²) in [6, 6.07) is 5.03. The van der Waals surface area contributed by atoms with Gasteiger partial charge in [-0.25, -0.2) is 0 Å². The van der Waals surface area contributed by atoms with Gasteiger partial charge in [0.25, 0.3) is 5.91 Å². The van der Waals surface area contributed by atoms with Crippen molar-refractivity contribution in [1.29, 1.82) is 0 Å². The zero-order valence-electron chi connectivity index (χ0n) is 9.86. The number of hydrogen-bond acceptors (Lipinski definition) is 4. The van der Waals surface area contributed by atoms with Gasteiger partial charge in [0.2, 0.25) is 5.91 Å². The number of rotatable bonds is 4. The lowest BCUT2D eigenvalue weighted by molar-refractivity contribution is -0.120. The first-order valence-corrected chi connectivity index (χ1v) is 5.50. The molecule has 1 aromatic heterocycles. The Labute approximate surface area is 103 Å². The number of fused-ring (bicyclic) bond motifs is 1. The molecule has 0 aliphatic rings. The summed E-state index contributed by atoms with van der Waals surface area (Å²) in [7, 11) is 1.56. The molecule has 18 heavy (non-hydrogen) atoms. The number of nitrogens with zero attached hydrogens (tertiary/aromatic N) is 2. The summed E-state index contributed by atoms with van der Waals surface area (Å²) in [5, 5.41) is 15.4. The number of carbonyl (C=O) groups excluding carboxylic acids is 2. The highest BCUT2D eigenvalue weighted by molar-refractivity contribution is 5.97. The van der Waals surface area contributed by atoms with Crippen LogP contribution in [-0.2, 0) is 4.79 Å². The molecule has 0 radical (unpaired) electrons. The molecule has 3 N–H and O–H groups in total. The number of aromatic nitrogens is 3. The van der Waals surface area contributed by atoms with Crippen LogP contribution >= 0.6 is 0 Å². The molecule has 0 bridgehead atoms. The zero-order chi connectivity index (χ0) is 13.0. The maximum atomic E-state index is 11.8. The first-order valence-electron chi connectivity index (χ1n) is 5.50. The Hall–Kier alpha value is -2.44. The highest BCUT2D eigenvalue weighted by Gasteiger charge is 2.08. The fourth-order valence-corrected chi connectivity index (χ4v) is 1.50. The maximum absolute atomic E-state index is 11.8. The molecule has 7 heteroatoms. The first-order chi connectivity index (χ1) is 8.70. The van der Waals surface area contributed by atoms with Gasteiger partial charge in [-0.05, 0) is 18.2 Å². The molecule has 0 saturated carbocycles. The third-order valence-corrected chi connectivity index (χ3v) is 2.49. The van der Waals surface area contributed by atoms with E-state index in [0.29, 0.717) is 23.1 Å². The van der Waals surface area contributed by atoms with E-state index in [1.807, 2.05) is 0 Å². The van der Waals surface area contributed by atoms with Gasteiger partial charge in [-0.2, -0.15) is 15.4 Å². The number of carbonyl (C=O) groups is 2. The van der Waals surface area contributed by atoms with E-state index in [9.17, 15) is 9.59 Å². The van der Waals surface area contributed by atoms with Crippen LogP contribution in [0.2, 0.25) is 0 Å². The molecule has 2 amide bonds. The lowest BCUT2D eigenvalue weighted by Gasteiger charge is -2.04. The van der Waals surface area contributed by atoms with Gasteiger partial charge in [0.1, 0.15) is 11.0 Å². The van der Waals surface area contributed by atoms with Crippen molar-refractivity contribution in [2.75, 3.05) is 13.6 Å². The number of nitrogens with one attached hydrogen (secondary N) is 3. The van der Waals surface area contributed by atoms with Crippen molar-refractivity contribution in [3.8, 4) is 0 Å². The molecule has 7 nitrogen and oxygen atoms in total. The smallest absolute Gasteiger partial charge is 0.251 e. The molecule has 0 aliphatic heterocycles. The largest absolute Gasteiger partial charge is 0.359 e. The second-order valence-corrected chi connectivity index (χ2v) is 3.71. The normalized spacial score (nSPS) is 10.3. The van der Waals surface area contributed by atoms with Crippen LogP contribution in [-0.4, -0.2) is 40.8 Å². The lowest BCUT2D eigenvalue weighted by Crippen LogP contribution is -2.29. The molecule has 0 unspecified atom stereocenters. The molecule has 94 valence electrons. The number of benzene rings is 1. The van der Waals surface area contributed by atoms with Crippen molar-refractivity contribution >= 4 is 22.8 Å². The maximum Gasteiger partial charge on any atom is 0.251 e. The van der Waals surface area contributed by atoms with E-state index in [-0.39, 0.29) is 18.2 Å². The van der Waals surface area contributed by atoms with Crippen LogP contribution in [0.3, 0.4) is 0 Å². The van der Waals surface area contributed by atoms with Gasteiger partial charge in [0.15, 0.2) is 0 Å².